The van der Waals surface area contributed by atoms with Gasteiger partial charge in [0.15, 0.2) is 0 Å². The third-order valence-corrected chi connectivity index (χ3v) is 4.78. The number of nitrogens with zero attached hydrogens (tertiary/aromatic N) is 2. The Hall–Kier alpha value is -2.42. The van der Waals surface area contributed by atoms with Crippen LogP contribution >= 0.6 is 0 Å². The maximum atomic E-state index is 12.6. The number of carboxylic acid groups (broad SMARTS) is 1. The minimum Gasteiger partial charge on any atom is -0.480 e. The predicted molar refractivity (Wildman–Crippen MR) is 87.6 cm³/mol. The average molecular weight is 349 g/mol. The van der Waals surface area contributed by atoms with E-state index in [2.05, 4.69) is 20.6 Å². The Bertz CT molecular complexity index is 626. The number of hydrogen-bond acceptors (Lipinski definition) is 5. The summed E-state index contributed by atoms with van der Waals surface area (Å²) in [7, 11) is 0. The van der Waals surface area contributed by atoms with Gasteiger partial charge in [-0.15, -0.1) is 0 Å². The molecule has 0 spiro atoms. The number of aromatic amines is 1. The summed E-state index contributed by atoms with van der Waals surface area (Å²) in [6.07, 6.45) is 6.18. The number of likely N-dealkylation sites (tertiary alicyclic amines) is 1. The van der Waals surface area contributed by atoms with Gasteiger partial charge in [-0.1, -0.05) is 0 Å². The van der Waals surface area contributed by atoms with Crippen molar-refractivity contribution in [3.05, 3.63) is 18.2 Å². The summed E-state index contributed by atoms with van der Waals surface area (Å²) in [4.78, 5) is 45.0. The third kappa shape index (κ3) is 3.98. The van der Waals surface area contributed by atoms with E-state index in [0.29, 0.717) is 18.7 Å². The molecule has 3 heterocycles. The predicted octanol–water partition coefficient (Wildman–Crippen LogP) is -0.735. The van der Waals surface area contributed by atoms with Crippen molar-refractivity contribution in [2.75, 3.05) is 13.1 Å². The lowest BCUT2D eigenvalue weighted by molar-refractivity contribution is -0.144. The molecule has 9 heteroatoms. The first-order valence-electron chi connectivity index (χ1n) is 8.61. The van der Waals surface area contributed by atoms with Crippen LogP contribution in [0.5, 0.6) is 0 Å². The molecule has 1 aromatic heterocycles. The van der Waals surface area contributed by atoms with Crippen molar-refractivity contribution in [2.45, 2.75) is 50.2 Å². The van der Waals surface area contributed by atoms with Crippen LogP contribution in [0.15, 0.2) is 12.5 Å². The van der Waals surface area contributed by atoms with E-state index < -0.39 is 24.0 Å². The van der Waals surface area contributed by atoms with Gasteiger partial charge in [-0.25, -0.2) is 9.78 Å². The molecule has 0 unspecified atom stereocenters. The van der Waals surface area contributed by atoms with E-state index in [1.54, 1.807) is 11.1 Å². The van der Waals surface area contributed by atoms with Crippen LogP contribution in [0.4, 0.5) is 0 Å². The molecule has 0 radical (unpaired) electrons. The van der Waals surface area contributed by atoms with E-state index in [0.717, 1.165) is 25.8 Å². The highest BCUT2D eigenvalue weighted by atomic mass is 16.4. The van der Waals surface area contributed by atoms with Gasteiger partial charge >= 0.3 is 5.97 Å². The lowest BCUT2D eigenvalue weighted by atomic mass is 10.1. The molecule has 2 saturated heterocycles. The second-order valence-corrected chi connectivity index (χ2v) is 6.50. The number of carbonyl (C=O) groups is 3. The number of aliphatic carboxylic acids is 1. The zero-order valence-electron chi connectivity index (χ0n) is 13.9. The summed E-state index contributed by atoms with van der Waals surface area (Å²) in [5, 5.41) is 15.1. The number of imidazole rings is 1. The van der Waals surface area contributed by atoms with Crippen molar-refractivity contribution in [3.63, 3.8) is 0 Å². The fourth-order valence-electron chi connectivity index (χ4n) is 3.48. The number of nitrogens with one attached hydrogen (secondary N) is 3. The molecule has 0 saturated carbocycles. The Morgan fingerprint density at radius 3 is 2.84 bits per heavy atom. The van der Waals surface area contributed by atoms with Gasteiger partial charge in [-0.05, 0) is 32.2 Å². The molecule has 2 aliphatic rings. The molecule has 2 aliphatic heterocycles. The molecule has 2 amide bonds. The molecular formula is C16H23N5O4. The standard InChI is InChI=1S/C16H23N5O4/c22-14(20-12(16(24)25)7-10-8-17-9-19-10)13-4-2-6-21(13)15(23)11-3-1-5-18-11/h8-9,11-13,18H,1-7H2,(H,17,19)(H,20,22)(H,24,25)/t11-,12-,13-/m0/s1. The zero-order valence-corrected chi connectivity index (χ0v) is 13.9. The molecule has 1 aromatic rings. The van der Waals surface area contributed by atoms with Crippen LogP contribution in [0.1, 0.15) is 31.4 Å². The zero-order chi connectivity index (χ0) is 17.8. The van der Waals surface area contributed by atoms with Crippen molar-refractivity contribution >= 4 is 17.8 Å². The Morgan fingerprint density at radius 1 is 1.36 bits per heavy atom. The number of H-pyrrole nitrogens is 1. The lowest BCUT2D eigenvalue weighted by Gasteiger charge is -2.27. The summed E-state index contributed by atoms with van der Waals surface area (Å²) in [6.45, 7) is 1.35. The van der Waals surface area contributed by atoms with Gasteiger partial charge in [0.25, 0.3) is 0 Å². The van der Waals surface area contributed by atoms with Crippen molar-refractivity contribution in [3.8, 4) is 0 Å². The quantitative estimate of drug-likeness (QED) is 0.536. The molecule has 136 valence electrons. The molecule has 3 atom stereocenters. The van der Waals surface area contributed by atoms with Crippen LogP contribution in [0.3, 0.4) is 0 Å². The Labute approximate surface area is 145 Å². The third-order valence-electron chi connectivity index (χ3n) is 4.78. The van der Waals surface area contributed by atoms with Gasteiger partial charge < -0.3 is 25.6 Å². The molecule has 25 heavy (non-hydrogen) atoms. The first kappa shape index (κ1) is 17.4. The first-order valence-corrected chi connectivity index (χ1v) is 8.61. The molecule has 2 fully saturated rings. The highest BCUT2D eigenvalue weighted by Gasteiger charge is 2.38. The number of aromatic nitrogens is 2. The van der Waals surface area contributed by atoms with E-state index in [9.17, 15) is 19.5 Å². The highest BCUT2D eigenvalue weighted by molar-refractivity contribution is 5.92. The van der Waals surface area contributed by atoms with Gasteiger partial charge in [-0.2, -0.15) is 0 Å². The summed E-state index contributed by atoms with van der Waals surface area (Å²) in [5.41, 5.74) is 0.558. The fourth-order valence-corrected chi connectivity index (χ4v) is 3.48. The van der Waals surface area contributed by atoms with E-state index in [4.69, 9.17) is 0 Å². The summed E-state index contributed by atoms with van der Waals surface area (Å²) in [6, 6.07) is -1.90. The van der Waals surface area contributed by atoms with Crippen LogP contribution < -0.4 is 10.6 Å². The monoisotopic (exact) mass is 349 g/mol. The maximum Gasteiger partial charge on any atom is 0.326 e. The number of amides is 2. The second kappa shape index (κ2) is 7.64. The molecule has 0 aliphatic carbocycles. The maximum absolute atomic E-state index is 12.6. The summed E-state index contributed by atoms with van der Waals surface area (Å²) >= 11 is 0. The molecular weight excluding hydrogens is 326 g/mol. The second-order valence-electron chi connectivity index (χ2n) is 6.50. The lowest BCUT2D eigenvalue weighted by Crippen LogP contribution is -2.54. The minimum absolute atomic E-state index is 0.0608. The molecule has 0 aromatic carbocycles. The van der Waals surface area contributed by atoms with Crippen LogP contribution in [-0.4, -0.2) is 69.0 Å². The van der Waals surface area contributed by atoms with Crippen molar-refractivity contribution in [1.29, 1.82) is 0 Å². The van der Waals surface area contributed by atoms with Crippen molar-refractivity contribution < 1.29 is 19.5 Å². The highest BCUT2D eigenvalue weighted by Crippen LogP contribution is 2.21. The SMILES string of the molecule is O=C(O)[C@H](Cc1c[nH]cn1)NC(=O)[C@@H]1CCCN1C(=O)[C@@H]1CCCN1. The number of carboxylic acids is 1. The van der Waals surface area contributed by atoms with Gasteiger partial charge in [0.2, 0.25) is 11.8 Å². The Balaban J connectivity index is 1.63. The molecule has 4 N–H and O–H groups in total. The normalized spacial score (nSPS) is 24.2. The van der Waals surface area contributed by atoms with Crippen molar-refractivity contribution in [2.24, 2.45) is 0 Å². The number of hydrogen-bond donors (Lipinski definition) is 4. The molecule has 0 bridgehead atoms. The Kier molecular flexibility index (Phi) is 5.32. The van der Waals surface area contributed by atoms with Crippen LogP contribution in [-0.2, 0) is 20.8 Å². The Morgan fingerprint density at radius 2 is 2.20 bits per heavy atom. The van der Waals surface area contributed by atoms with Gasteiger partial charge in [0, 0.05) is 19.2 Å². The topological polar surface area (TPSA) is 127 Å². The first-order chi connectivity index (χ1) is 12.1. The number of carbonyl (C=O) groups excluding carboxylic acids is 2. The van der Waals surface area contributed by atoms with Gasteiger partial charge in [0.1, 0.15) is 12.1 Å². The number of rotatable bonds is 6. The van der Waals surface area contributed by atoms with E-state index in [1.807, 2.05) is 0 Å². The molecule has 9 nitrogen and oxygen atoms in total. The smallest absolute Gasteiger partial charge is 0.326 e. The summed E-state index contributed by atoms with van der Waals surface area (Å²) in [5.74, 6) is -1.59. The van der Waals surface area contributed by atoms with Crippen LogP contribution in [0, 0.1) is 0 Å². The van der Waals surface area contributed by atoms with E-state index in [1.165, 1.54) is 6.33 Å². The largest absolute Gasteiger partial charge is 0.480 e. The van der Waals surface area contributed by atoms with Crippen LogP contribution in [0.25, 0.3) is 0 Å². The molecule has 3 rings (SSSR count). The summed E-state index contributed by atoms with van der Waals surface area (Å²) < 4.78 is 0. The fraction of sp³-hybridized carbons (Fsp3) is 0.625. The van der Waals surface area contributed by atoms with Gasteiger partial charge in [0.05, 0.1) is 18.1 Å². The van der Waals surface area contributed by atoms with Gasteiger partial charge in [-0.3, -0.25) is 9.59 Å². The average Bonchev–Trinajstić information content (AvgIpc) is 3.33. The van der Waals surface area contributed by atoms with E-state index in [-0.39, 0.29) is 18.4 Å². The van der Waals surface area contributed by atoms with Crippen LogP contribution in [0.2, 0.25) is 0 Å². The van der Waals surface area contributed by atoms with E-state index >= 15 is 0 Å². The van der Waals surface area contributed by atoms with Crippen molar-refractivity contribution in [1.82, 2.24) is 25.5 Å². The minimum atomic E-state index is -1.12.